The Bertz CT molecular complexity index is 142. The molecule has 3 heteroatoms. The van der Waals surface area contributed by atoms with Gasteiger partial charge >= 0.3 is 0 Å². The highest BCUT2D eigenvalue weighted by molar-refractivity contribution is 7.99. The molecule has 3 atom stereocenters. The predicted molar refractivity (Wildman–Crippen MR) is 51.2 cm³/mol. The molecular weight excluding hydrogens is 155 g/mol. The first kappa shape index (κ1) is 9.46. The number of hydrogen-bond acceptors (Lipinski definition) is 2. The van der Waals surface area contributed by atoms with Crippen LogP contribution in [-0.4, -0.2) is 31.0 Å². The van der Waals surface area contributed by atoms with Gasteiger partial charge in [0, 0.05) is 11.3 Å². The van der Waals surface area contributed by atoms with E-state index in [0.717, 1.165) is 12.8 Å². The molecule has 2 unspecified atom stereocenters. The Kier molecular flexibility index (Phi) is 2.93. The molecule has 1 aliphatic rings. The second kappa shape index (κ2) is 3.40. The second-order valence-corrected chi connectivity index (χ2v) is 4.44. The van der Waals surface area contributed by atoms with Crippen LogP contribution in [-0.2, 0) is 4.74 Å². The summed E-state index contributed by atoms with van der Waals surface area (Å²) in [4.78, 5) is 0. The van der Waals surface area contributed by atoms with E-state index >= 15 is 0 Å². The lowest BCUT2D eigenvalue weighted by Crippen LogP contribution is -2.23. The minimum atomic E-state index is -0.0602. The zero-order valence-electron chi connectivity index (χ0n) is 7.46. The molecule has 0 saturated carbocycles. The monoisotopic (exact) mass is 170 g/mol. The molecule has 62 valence electrons. The van der Waals surface area contributed by atoms with Crippen LogP contribution in [0.1, 0.15) is 26.7 Å². The van der Waals surface area contributed by atoms with Crippen molar-refractivity contribution in [3.8, 4) is 0 Å². The van der Waals surface area contributed by atoms with E-state index < -0.39 is 0 Å². The highest BCUT2D eigenvalue weighted by Gasteiger charge is 2.38. The molecular formula is C8H15BOS. The summed E-state index contributed by atoms with van der Waals surface area (Å²) >= 11 is 1.81. The molecule has 0 aromatic carbocycles. The Hall–Kier alpha value is 0.375. The van der Waals surface area contributed by atoms with Crippen LogP contribution in [0.3, 0.4) is 0 Å². The van der Waals surface area contributed by atoms with E-state index in [1.165, 1.54) is 0 Å². The van der Waals surface area contributed by atoms with Crippen LogP contribution in [0.2, 0.25) is 0 Å². The van der Waals surface area contributed by atoms with Crippen LogP contribution in [0.4, 0.5) is 0 Å². The first-order valence-electron chi connectivity index (χ1n) is 4.07. The standard InChI is InChI=1S/C8H15BOS/c1-4-8(2)5-6(11-3)7(9)10-8/h6-7H,4-5H2,1-3H3/t6?,7?,8-/m0/s1. The van der Waals surface area contributed by atoms with Gasteiger partial charge in [0.25, 0.3) is 0 Å². The van der Waals surface area contributed by atoms with Crippen molar-refractivity contribution in [2.75, 3.05) is 6.26 Å². The first-order chi connectivity index (χ1) is 5.11. The molecule has 1 nitrogen and oxygen atoms in total. The zero-order chi connectivity index (χ0) is 8.48. The third-order valence-electron chi connectivity index (χ3n) is 2.47. The van der Waals surface area contributed by atoms with Gasteiger partial charge in [-0.3, -0.25) is 0 Å². The Morgan fingerprint density at radius 1 is 1.73 bits per heavy atom. The molecule has 11 heavy (non-hydrogen) atoms. The van der Waals surface area contributed by atoms with Crippen molar-refractivity contribution < 1.29 is 4.74 Å². The average molecular weight is 170 g/mol. The SMILES string of the molecule is [B]C1O[C@@](C)(CC)CC1SC. The van der Waals surface area contributed by atoms with Gasteiger partial charge in [-0.2, -0.15) is 11.8 Å². The van der Waals surface area contributed by atoms with Crippen LogP contribution in [0, 0.1) is 0 Å². The summed E-state index contributed by atoms with van der Waals surface area (Å²) in [6, 6.07) is -0.0602. The van der Waals surface area contributed by atoms with Gasteiger partial charge in [0.2, 0.25) is 0 Å². The third kappa shape index (κ3) is 1.94. The quantitative estimate of drug-likeness (QED) is 0.584. The molecule has 0 aromatic heterocycles. The smallest absolute Gasteiger partial charge is 0.110 e. The van der Waals surface area contributed by atoms with Gasteiger partial charge in [-0.15, -0.1) is 0 Å². The fourth-order valence-corrected chi connectivity index (χ4v) is 2.28. The van der Waals surface area contributed by atoms with Crippen LogP contribution < -0.4 is 0 Å². The Labute approximate surface area is 74.7 Å². The van der Waals surface area contributed by atoms with Crippen molar-refractivity contribution >= 4 is 19.6 Å². The number of hydrogen-bond donors (Lipinski definition) is 0. The molecule has 0 amide bonds. The summed E-state index contributed by atoms with van der Waals surface area (Å²) in [5, 5.41) is 0.486. The summed E-state index contributed by atoms with van der Waals surface area (Å²) in [5.41, 5.74) is 0.0348. The van der Waals surface area contributed by atoms with Crippen molar-refractivity contribution in [1.29, 1.82) is 0 Å². The van der Waals surface area contributed by atoms with E-state index in [1.54, 1.807) is 0 Å². The van der Waals surface area contributed by atoms with Gasteiger partial charge in [0.1, 0.15) is 7.85 Å². The molecule has 2 radical (unpaired) electrons. The Morgan fingerprint density at radius 3 is 2.64 bits per heavy atom. The lowest BCUT2D eigenvalue weighted by Gasteiger charge is -2.21. The summed E-state index contributed by atoms with van der Waals surface area (Å²) in [6.45, 7) is 4.29. The fourth-order valence-electron chi connectivity index (χ4n) is 1.44. The number of ether oxygens (including phenoxy) is 1. The first-order valence-corrected chi connectivity index (χ1v) is 5.36. The Balaban J connectivity index is 2.55. The zero-order valence-corrected chi connectivity index (χ0v) is 8.28. The van der Waals surface area contributed by atoms with Crippen molar-refractivity contribution in [3.05, 3.63) is 0 Å². The van der Waals surface area contributed by atoms with Crippen molar-refractivity contribution in [2.24, 2.45) is 0 Å². The molecule has 1 heterocycles. The van der Waals surface area contributed by atoms with Crippen molar-refractivity contribution in [1.82, 2.24) is 0 Å². The topological polar surface area (TPSA) is 9.23 Å². The highest BCUT2D eigenvalue weighted by atomic mass is 32.2. The molecule has 0 N–H and O–H groups in total. The van der Waals surface area contributed by atoms with Crippen LogP contribution >= 0.6 is 11.8 Å². The largest absolute Gasteiger partial charge is 0.381 e. The maximum absolute atomic E-state index is 5.80. The van der Waals surface area contributed by atoms with Crippen molar-refractivity contribution in [2.45, 2.75) is 43.5 Å². The average Bonchev–Trinajstić information content (AvgIpc) is 2.27. The van der Waals surface area contributed by atoms with E-state index in [0.29, 0.717) is 5.25 Å². The van der Waals surface area contributed by atoms with Gasteiger partial charge in [-0.1, -0.05) is 6.92 Å². The molecule has 0 aliphatic carbocycles. The molecule has 1 rings (SSSR count). The summed E-state index contributed by atoms with van der Waals surface area (Å²) in [7, 11) is 5.80. The predicted octanol–water partition coefficient (Wildman–Crippen LogP) is 1.80. The van der Waals surface area contributed by atoms with E-state index in [9.17, 15) is 0 Å². The van der Waals surface area contributed by atoms with Gasteiger partial charge in [-0.25, -0.2) is 0 Å². The molecule has 0 spiro atoms. The third-order valence-corrected chi connectivity index (χ3v) is 3.51. The lowest BCUT2D eigenvalue weighted by atomic mass is 9.94. The van der Waals surface area contributed by atoms with E-state index in [-0.39, 0.29) is 11.6 Å². The molecule has 0 aromatic rings. The maximum Gasteiger partial charge on any atom is 0.110 e. The fraction of sp³-hybridized carbons (Fsp3) is 1.00. The van der Waals surface area contributed by atoms with E-state index in [4.69, 9.17) is 12.6 Å². The molecule has 1 aliphatic heterocycles. The minimum Gasteiger partial charge on any atom is -0.381 e. The summed E-state index contributed by atoms with van der Waals surface area (Å²) in [5.74, 6) is 0. The van der Waals surface area contributed by atoms with Gasteiger partial charge in [-0.05, 0) is 26.0 Å². The van der Waals surface area contributed by atoms with Gasteiger partial charge in [0.05, 0.1) is 5.60 Å². The van der Waals surface area contributed by atoms with Crippen LogP contribution in [0.5, 0.6) is 0 Å². The van der Waals surface area contributed by atoms with Crippen molar-refractivity contribution in [3.63, 3.8) is 0 Å². The van der Waals surface area contributed by atoms with Gasteiger partial charge in [0.15, 0.2) is 0 Å². The Morgan fingerprint density at radius 2 is 2.36 bits per heavy atom. The maximum atomic E-state index is 5.80. The second-order valence-electron chi connectivity index (χ2n) is 3.36. The van der Waals surface area contributed by atoms with Crippen LogP contribution in [0.15, 0.2) is 0 Å². The van der Waals surface area contributed by atoms with Crippen LogP contribution in [0.25, 0.3) is 0 Å². The minimum absolute atomic E-state index is 0.0348. The lowest BCUT2D eigenvalue weighted by molar-refractivity contribution is 0.000778. The summed E-state index contributed by atoms with van der Waals surface area (Å²) in [6.07, 6.45) is 4.23. The number of rotatable bonds is 2. The number of thioether (sulfide) groups is 1. The molecule has 0 bridgehead atoms. The summed E-state index contributed by atoms with van der Waals surface area (Å²) < 4.78 is 5.66. The molecule has 1 fully saturated rings. The van der Waals surface area contributed by atoms with E-state index in [2.05, 4.69) is 20.1 Å². The normalized spacial score (nSPS) is 44.6. The highest BCUT2D eigenvalue weighted by Crippen LogP contribution is 2.36. The van der Waals surface area contributed by atoms with E-state index in [1.807, 2.05) is 11.8 Å². The molecule has 1 saturated heterocycles. The van der Waals surface area contributed by atoms with Gasteiger partial charge < -0.3 is 4.74 Å².